The molecule has 2 aromatic carbocycles. The summed E-state index contributed by atoms with van der Waals surface area (Å²) >= 11 is 1.73. The maximum absolute atomic E-state index is 10.7. The molecule has 0 spiro atoms. The first-order valence-electron chi connectivity index (χ1n) is 6.74. The number of carboxylic acid groups (broad SMARTS) is 1. The summed E-state index contributed by atoms with van der Waals surface area (Å²) in [6.07, 6.45) is 0.737. The highest BCUT2D eigenvalue weighted by molar-refractivity contribution is 7.98. The zero-order valence-electron chi connectivity index (χ0n) is 11.9. The second kappa shape index (κ2) is 7.74. The van der Waals surface area contributed by atoms with E-state index >= 15 is 0 Å². The summed E-state index contributed by atoms with van der Waals surface area (Å²) in [6, 6.07) is 16.0. The van der Waals surface area contributed by atoms with Crippen LogP contribution in [0, 0.1) is 0 Å². The molecule has 0 atom stereocenters. The number of ether oxygens (including phenoxy) is 1. The summed E-state index contributed by atoms with van der Waals surface area (Å²) in [5.41, 5.74) is 2.31. The van der Waals surface area contributed by atoms with E-state index in [0.29, 0.717) is 6.42 Å². The Balaban J connectivity index is 2.00. The first-order chi connectivity index (χ1) is 10.2. The molecule has 110 valence electrons. The first kappa shape index (κ1) is 15.4. The van der Waals surface area contributed by atoms with Gasteiger partial charge < -0.3 is 9.84 Å². The molecule has 0 saturated heterocycles. The Morgan fingerprint density at radius 1 is 1.14 bits per heavy atom. The van der Waals surface area contributed by atoms with E-state index < -0.39 is 5.97 Å². The van der Waals surface area contributed by atoms with Crippen molar-refractivity contribution in [3.8, 4) is 5.75 Å². The highest BCUT2D eigenvalue weighted by Crippen LogP contribution is 2.27. The van der Waals surface area contributed by atoms with E-state index in [1.807, 2.05) is 48.5 Å². The summed E-state index contributed by atoms with van der Waals surface area (Å²) in [7, 11) is 1.66. The van der Waals surface area contributed by atoms with E-state index in [0.717, 1.165) is 22.0 Å². The molecule has 4 heteroatoms. The standard InChI is InChI=1S/C17H18O3S/c1-20-15-9-6-13(7-10-15)12-21-16-5-3-2-4-14(16)8-11-17(18)19/h2-7,9-10H,8,11-12H2,1H3,(H,18,19). The van der Waals surface area contributed by atoms with Crippen molar-refractivity contribution in [2.24, 2.45) is 0 Å². The van der Waals surface area contributed by atoms with Gasteiger partial charge in [-0.2, -0.15) is 0 Å². The molecule has 1 N–H and O–H groups in total. The Bertz CT molecular complexity index is 593. The third kappa shape index (κ3) is 4.83. The fourth-order valence-corrected chi connectivity index (χ4v) is 3.02. The maximum atomic E-state index is 10.7. The lowest BCUT2D eigenvalue weighted by atomic mass is 10.1. The molecule has 0 bridgehead atoms. The lowest BCUT2D eigenvalue weighted by Crippen LogP contribution is -1.98. The Kier molecular flexibility index (Phi) is 5.69. The smallest absolute Gasteiger partial charge is 0.303 e. The molecule has 0 aliphatic rings. The second-order valence-corrected chi connectivity index (χ2v) is 5.66. The van der Waals surface area contributed by atoms with Gasteiger partial charge >= 0.3 is 5.97 Å². The number of benzene rings is 2. The number of aliphatic carboxylic acids is 1. The fraction of sp³-hybridized carbons (Fsp3) is 0.235. The third-order valence-corrected chi connectivity index (χ3v) is 4.32. The van der Waals surface area contributed by atoms with Gasteiger partial charge in [0.25, 0.3) is 0 Å². The molecule has 0 amide bonds. The quantitative estimate of drug-likeness (QED) is 0.785. The van der Waals surface area contributed by atoms with Crippen LogP contribution in [-0.4, -0.2) is 18.2 Å². The Morgan fingerprint density at radius 2 is 1.86 bits per heavy atom. The third-order valence-electron chi connectivity index (χ3n) is 3.13. The SMILES string of the molecule is COc1ccc(CSc2ccccc2CCC(=O)O)cc1. The van der Waals surface area contributed by atoms with Crippen molar-refractivity contribution in [3.63, 3.8) is 0 Å². The summed E-state index contributed by atoms with van der Waals surface area (Å²) in [6.45, 7) is 0. The Hall–Kier alpha value is -1.94. The Labute approximate surface area is 129 Å². The average molecular weight is 302 g/mol. The van der Waals surface area contributed by atoms with Gasteiger partial charge in [0.15, 0.2) is 0 Å². The maximum Gasteiger partial charge on any atom is 0.303 e. The van der Waals surface area contributed by atoms with Crippen LogP contribution < -0.4 is 4.74 Å². The van der Waals surface area contributed by atoms with Crippen LogP contribution in [0.3, 0.4) is 0 Å². The van der Waals surface area contributed by atoms with Crippen LogP contribution in [0.15, 0.2) is 53.4 Å². The van der Waals surface area contributed by atoms with Crippen LogP contribution >= 0.6 is 11.8 Å². The number of hydrogen-bond donors (Lipinski definition) is 1. The van der Waals surface area contributed by atoms with Crippen LogP contribution in [0.5, 0.6) is 5.75 Å². The zero-order chi connectivity index (χ0) is 15.1. The molecular formula is C17H18O3S. The first-order valence-corrected chi connectivity index (χ1v) is 7.73. The van der Waals surface area contributed by atoms with Crippen molar-refractivity contribution < 1.29 is 14.6 Å². The van der Waals surface area contributed by atoms with E-state index in [1.165, 1.54) is 5.56 Å². The minimum Gasteiger partial charge on any atom is -0.497 e. The number of thioether (sulfide) groups is 1. The van der Waals surface area contributed by atoms with Gasteiger partial charge in [0.1, 0.15) is 5.75 Å². The van der Waals surface area contributed by atoms with Gasteiger partial charge in [-0.25, -0.2) is 0 Å². The molecular weight excluding hydrogens is 284 g/mol. The molecule has 0 saturated carbocycles. The Morgan fingerprint density at radius 3 is 2.52 bits per heavy atom. The molecule has 2 rings (SSSR count). The topological polar surface area (TPSA) is 46.5 Å². The number of carboxylic acids is 1. The normalized spacial score (nSPS) is 10.3. The van der Waals surface area contributed by atoms with Gasteiger partial charge in [0.2, 0.25) is 0 Å². The number of rotatable bonds is 7. The van der Waals surface area contributed by atoms with E-state index in [-0.39, 0.29) is 6.42 Å². The molecule has 0 heterocycles. The van der Waals surface area contributed by atoms with Crippen LogP contribution in [0.1, 0.15) is 17.5 Å². The second-order valence-electron chi connectivity index (χ2n) is 4.64. The molecule has 3 nitrogen and oxygen atoms in total. The van der Waals surface area contributed by atoms with Gasteiger partial charge in [-0.05, 0) is 35.7 Å². The van der Waals surface area contributed by atoms with E-state index in [1.54, 1.807) is 18.9 Å². The van der Waals surface area contributed by atoms with Gasteiger partial charge in [-0.3, -0.25) is 4.79 Å². The van der Waals surface area contributed by atoms with Crippen molar-refractivity contribution in [3.05, 3.63) is 59.7 Å². The minimum absolute atomic E-state index is 0.167. The number of hydrogen-bond acceptors (Lipinski definition) is 3. The van der Waals surface area contributed by atoms with E-state index in [2.05, 4.69) is 0 Å². The molecule has 21 heavy (non-hydrogen) atoms. The highest BCUT2D eigenvalue weighted by atomic mass is 32.2. The van der Waals surface area contributed by atoms with Crippen LogP contribution in [0.25, 0.3) is 0 Å². The minimum atomic E-state index is -0.759. The summed E-state index contributed by atoms with van der Waals surface area (Å²) in [4.78, 5) is 11.9. The fourth-order valence-electron chi connectivity index (χ4n) is 1.98. The molecule has 0 radical (unpaired) electrons. The van der Waals surface area contributed by atoms with Crippen molar-refractivity contribution in [1.29, 1.82) is 0 Å². The molecule has 0 fully saturated rings. The lowest BCUT2D eigenvalue weighted by Gasteiger charge is -2.08. The number of carbonyl (C=O) groups is 1. The highest BCUT2D eigenvalue weighted by Gasteiger charge is 2.05. The summed E-state index contributed by atoms with van der Waals surface area (Å²) in [5.74, 6) is 0.948. The number of aryl methyl sites for hydroxylation is 1. The van der Waals surface area contributed by atoms with Gasteiger partial charge in [0, 0.05) is 17.1 Å². The largest absolute Gasteiger partial charge is 0.497 e. The van der Waals surface area contributed by atoms with Crippen molar-refractivity contribution >= 4 is 17.7 Å². The molecule has 0 aliphatic carbocycles. The molecule has 0 unspecified atom stereocenters. The summed E-state index contributed by atoms with van der Waals surface area (Å²) < 4.78 is 5.14. The van der Waals surface area contributed by atoms with Crippen molar-refractivity contribution in [1.82, 2.24) is 0 Å². The van der Waals surface area contributed by atoms with Gasteiger partial charge in [-0.1, -0.05) is 30.3 Å². The molecule has 0 aliphatic heterocycles. The average Bonchev–Trinajstić information content (AvgIpc) is 2.52. The molecule has 0 aromatic heterocycles. The predicted molar refractivity (Wildman–Crippen MR) is 85.0 cm³/mol. The van der Waals surface area contributed by atoms with Gasteiger partial charge in [0.05, 0.1) is 7.11 Å². The number of methoxy groups -OCH3 is 1. The van der Waals surface area contributed by atoms with E-state index in [4.69, 9.17) is 9.84 Å². The van der Waals surface area contributed by atoms with Crippen molar-refractivity contribution in [2.75, 3.05) is 7.11 Å². The van der Waals surface area contributed by atoms with E-state index in [9.17, 15) is 4.79 Å². The predicted octanol–water partition coefficient (Wildman–Crippen LogP) is 4.00. The zero-order valence-corrected chi connectivity index (χ0v) is 12.7. The van der Waals surface area contributed by atoms with Crippen LogP contribution in [0.4, 0.5) is 0 Å². The summed E-state index contributed by atoms with van der Waals surface area (Å²) in [5, 5.41) is 8.80. The molecule has 2 aromatic rings. The van der Waals surface area contributed by atoms with Crippen LogP contribution in [0.2, 0.25) is 0 Å². The lowest BCUT2D eigenvalue weighted by molar-refractivity contribution is -0.136. The van der Waals surface area contributed by atoms with Gasteiger partial charge in [-0.15, -0.1) is 11.8 Å². The van der Waals surface area contributed by atoms with Crippen LogP contribution in [-0.2, 0) is 17.0 Å². The van der Waals surface area contributed by atoms with Crippen molar-refractivity contribution in [2.45, 2.75) is 23.5 Å². The monoisotopic (exact) mass is 302 g/mol.